The summed E-state index contributed by atoms with van der Waals surface area (Å²) in [6.07, 6.45) is 2.05. The Morgan fingerprint density at radius 3 is 2.78 bits per heavy atom. The molecule has 0 N–H and O–H groups in total. The number of hydrogen-bond acceptors (Lipinski definition) is 1. The quantitative estimate of drug-likeness (QED) is 0.583. The molecule has 1 unspecified atom stereocenters. The molecule has 9 heavy (non-hydrogen) atoms. The molecule has 0 saturated carbocycles. The van der Waals surface area contributed by atoms with Crippen LogP contribution >= 0.6 is 10.9 Å². The molecule has 1 aliphatic rings. The zero-order chi connectivity index (χ0) is 6.69. The van der Waals surface area contributed by atoms with Gasteiger partial charge in [-0.1, -0.05) is 6.92 Å². The van der Waals surface area contributed by atoms with Crippen LogP contribution in [0.3, 0.4) is 0 Å². The highest BCUT2D eigenvalue weighted by Gasteiger charge is 2.01. The lowest BCUT2D eigenvalue weighted by Crippen LogP contribution is -1.75. The number of hydrogen-bond donors (Lipinski definition) is 1. The van der Waals surface area contributed by atoms with Gasteiger partial charge in [-0.2, -0.15) is 0 Å². The Morgan fingerprint density at radius 1 is 1.67 bits per heavy atom. The lowest BCUT2D eigenvalue weighted by atomic mass is 10.6. The second-order valence-corrected chi connectivity index (χ2v) is 4.10. The van der Waals surface area contributed by atoms with Gasteiger partial charge in [0.2, 0.25) is 0 Å². The molecule has 0 aromatic rings. The van der Waals surface area contributed by atoms with Crippen molar-refractivity contribution >= 4 is 10.9 Å². The van der Waals surface area contributed by atoms with E-state index in [1.54, 1.807) is 7.11 Å². The van der Waals surface area contributed by atoms with Crippen molar-refractivity contribution in [3.8, 4) is 0 Å². The van der Waals surface area contributed by atoms with Crippen LogP contribution in [0.2, 0.25) is 0 Å². The van der Waals surface area contributed by atoms with Crippen molar-refractivity contribution in [3.63, 3.8) is 0 Å². The summed E-state index contributed by atoms with van der Waals surface area (Å²) in [4.78, 5) is 0. The second kappa shape index (κ2) is 2.97. The first-order valence-electron chi connectivity index (χ1n) is 3.06. The van der Waals surface area contributed by atoms with Crippen molar-refractivity contribution in [2.24, 2.45) is 0 Å². The maximum atomic E-state index is 5.03. The molecular formula is C7H12OS. The van der Waals surface area contributed by atoms with Gasteiger partial charge in [-0.25, -0.2) is 10.9 Å². The molecule has 1 heterocycles. The van der Waals surface area contributed by atoms with Crippen LogP contribution < -0.4 is 0 Å². The second-order valence-electron chi connectivity index (χ2n) is 1.88. The third kappa shape index (κ3) is 1.52. The van der Waals surface area contributed by atoms with Crippen LogP contribution in [0.4, 0.5) is 0 Å². The van der Waals surface area contributed by atoms with E-state index in [0.29, 0.717) is 0 Å². The number of thiol groups is 1. The number of ether oxygens (including phenoxy) is 1. The van der Waals surface area contributed by atoms with Crippen LogP contribution in [0.25, 0.3) is 0 Å². The van der Waals surface area contributed by atoms with E-state index in [1.807, 2.05) is 0 Å². The van der Waals surface area contributed by atoms with Gasteiger partial charge in [-0.15, -0.1) is 0 Å². The Morgan fingerprint density at radius 2 is 2.44 bits per heavy atom. The smallest absolute Gasteiger partial charge is 0.124 e. The molecule has 0 aliphatic carbocycles. The molecule has 0 radical (unpaired) electrons. The molecule has 1 nitrogen and oxygen atoms in total. The number of allylic oxidation sites excluding steroid dienone is 1. The van der Waals surface area contributed by atoms with E-state index in [2.05, 4.69) is 23.8 Å². The summed E-state index contributed by atoms with van der Waals surface area (Å²) < 4.78 is 5.03. The number of methoxy groups -OCH3 is 1. The van der Waals surface area contributed by atoms with Crippen LogP contribution in [0, 0.1) is 0 Å². The lowest BCUT2D eigenvalue weighted by Gasteiger charge is -2.02. The van der Waals surface area contributed by atoms with E-state index in [9.17, 15) is 0 Å². The van der Waals surface area contributed by atoms with E-state index in [1.165, 1.54) is 5.75 Å². The third-order valence-electron chi connectivity index (χ3n) is 1.32. The molecule has 1 rings (SSSR count). The maximum absolute atomic E-state index is 5.03. The van der Waals surface area contributed by atoms with Gasteiger partial charge in [-0.05, 0) is 22.6 Å². The largest absolute Gasteiger partial charge is 0.496 e. The summed E-state index contributed by atoms with van der Waals surface area (Å²) in [5.74, 6) is 2.27. The summed E-state index contributed by atoms with van der Waals surface area (Å²) in [6.45, 7) is 2.20. The Labute approximate surface area is 58.7 Å². The SMILES string of the molecule is CC[SH]1C=CC(OC)=C1. The van der Waals surface area contributed by atoms with Gasteiger partial charge in [0, 0.05) is 0 Å². The predicted octanol–water partition coefficient (Wildman–Crippen LogP) is 2.02. The van der Waals surface area contributed by atoms with Crippen LogP contribution in [0.1, 0.15) is 6.92 Å². The maximum Gasteiger partial charge on any atom is 0.124 e. The average molecular weight is 144 g/mol. The minimum atomic E-state index is 0.0444. The van der Waals surface area contributed by atoms with Gasteiger partial charge in [0.15, 0.2) is 0 Å². The Bertz CT molecular complexity index is 149. The van der Waals surface area contributed by atoms with E-state index in [-0.39, 0.29) is 10.9 Å². The Balaban J connectivity index is 2.52. The molecule has 52 valence electrons. The summed E-state index contributed by atoms with van der Waals surface area (Å²) in [5.41, 5.74) is 0. The lowest BCUT2D eigenvalue weighted by molar-refractivity contribution is 0.308. The average Bonchev–Trinajstić information content (AvgIpc) is 2.34. The monoisotopic (exact) mass is 144 g/mol. The summed E-state index contributed by atoms with van der Waals surface area (Å²) in [5, 5.41) is 4.43. The van der Waals surface area contributed by atoms with E-state index in [0.717, 1.165) is 5.76 Å². The molecule has 1 aliphatic heterocycles. The topological polar surface area (TPSA) is 9.23 Å². The van der Waals surface area contributed by atoms with Gasteiger partial charge in [0.05, 0.1) is 7.11 Å². The highest BCUT2D eigenvalue weighted by molar-refractivity contribution is 8.22. The van der Waals surface area contributed by atoms with Crippen molar-refractivity contribution < 1.29 is 4.74 Å². The molecular weight excluding hydrogens is 132 g/mol. The van der Waals surface area contributed by atoms with Crippen LogP contribution in [0.15, 0.2) is 22.7 Å². The third-order valence-corrected chi connectivity index (χ3v) is 3.17. The highest BCUT2D eigenvalue weighted by atomic mass is 32.2. The first-order valence-corrected chi connectivity index (χ1v) is 4.73. The normalized spacial score (nSPS) is 28.2. The summed E-state index contributed by atoms with van der Waals surface area (Å²) >= 11 is 0. The zero-order valence-corrected chi connectivity index (χ0v) is 6.69. The molecule has 0 amide bonds. The Hall–Kier alpha value is -0.370. The van der Waals surface area contributed by atoms with Gasteiger partial charge < -0.3 is 4.74 Å². The summed E-state index contributed by atoms with van der Waals surface area (Å²) in [7, 11) is 1.76. The van der Waals surface area contributed by atoms with Gasteiger partial charge in [0.1, 0.15) is 5.76 Å². The molecule has 1 atom stereocenters. The fraction of sp³-hybridized carbons (Fsp3) is 0.429. The predicted molar refractivity (Wildman–Crippen MR) is 43.8 cm³/mol. The number of rotatable bonds is 2. The van der Waals surface area contributed by atoms with E-state index < -0.39 is 0 Å². The first kappa shape index (κ1) is 6.75. The molecule has 0 aromatic heterocycles. The molecule has 0 bridgehead atoms. The molecule has 0 fully saturated rings. The van der Waals surface area contributed by atoms with Crippen LogP contribution in [-0.4, -0.2) is 12.9 Å². The fourth-order valence-corrected chi connectivity index (χ4v) is 2.07. The molecule has 0 saturated heterocycles. The fourth-order valence-electron chi connectivity index (χ4n) is 0.736. The van der Waals surface area contributed by atoms with Crippen molar-refractivity contribution in [1.82, 2.24) is 0 Å². The first-order chi connectivity index (χ1) is 4.36. The zero-order valence-electron chi connectivity index (χ0n) is 5.79. The van der Waals surface area contributed by atoms with E-state index >= 15 is 0 Å². The molecule has 0 spiro atoms. The van der Waals surface area contributed by atoms with Crippen LogP contribution in [0.5, 0.6) is 0 Å². The van der Waals surface area contributed by atoms with Crippen molar-refractivity contribution in [2.75, 3.05) is 12.9 Å². The van der Waals surface area contributed by atoms with Crippen molar-refractivity contribution in [1.29, 1.82) is 0 Å². The molecule has 2 heteroatoms. The van der Waals surface area contributed by atoms with E-state index in [4.69, 9.17) is 4.74 Å². The Kier molecular flexibility index (Phi) is 2.22. The van der Waals surface area contributed by atoms with Crippen molar-refractivity contribution in [3.05, 3.63) is 22.7 Å². The molecule has 0 aromatic carbocycles. The van der Waals surface area contributed by atoms with Gasteiger partial charge in [0.25, 0.3) is 0 Å². The highest BCUT2D eigenvalue weighted by Crippen LogP contribution is 2.35. The van der Waals surface area contributed by atoms with Crippen LogP contribution in [-0.2, 0) is 4.74 Å². The summed E-state index contributed by atoms with van der Waals surface area (Å²) in [6, 6.07) is 0. The van der Waals surface area contributed by atoms with Gasteiger partial charge in [-0.3, -0.25) is 0 Å². The minimum absolute atomic E-state index is 0.0444. The van der Waals surface area contributed by atoms with Gasteiger partial charge >= 0.3 is 0 Å². The van der Waals surface area contributed by atoms with Crippen molar-refractivity contribution in [2.45, 2.75) is 6.92 Å². The standard InChI is InChI=1S/C7H12OS/c1-3-9-5-4-7(6-9)8-2/h4-6,9H,3H2,1-2H3. The minimum Gasteiger partial charge on any atom is -0.496 e.